The molecule has 0 amide bonds. The smallest absolute Gasteiger partial charge is 0.272 e. The lowest BCUT2D eigenvalue weighted by Crippen LogP contribution is -2.06. The van der Waals surface area contributed by atoms with Gasteiger partial charge in [0, 0.05) is 10.8 Å². The van der Waals surface area contributed by atoms with E-state index in [4.69, 9.17) is 0 Å². The van der Waals surface area contributed by atoms with Crippen molar-refractivity contribution in [1.29, 1.82) is 0 Å². The van der Waals surface area contributed by atoms with Gasteiger partial charge in [0.05, 0.1) is 6.20 Å². The Morgan fingerprint density at radius 2 is 1.72 bits per heavy atom. The van der Waals surface area contributed by atoms with E-state index >= 15 is 0 Å². The van der Waals surface area contributed by atoms with Crippen molar-refractivity contribution in [2.24, 2.45) is 0 Å². The second-order valence-corrected chi connectivity index (χ2v) is 4.63. The van der Waals surface area contributed by atoms with Crippen LogP contribution in [0.1, 0.15) is 0 Å². The maximum Gasteiger partial charge on any atom is 0.272 e. The molecule has 2 rings (SSSR count). The first-order valence-electron chi connectivity index (χ1n) is 4.58. The van der Waals surface area contributed by atoms with Gasteiger partial charge in [0.1, 0.15) is 0 Å². The van der Waals surface area contributed by atoms with Gasteiger partial charge in [-0.2, -0.15) is 5.10 Å². The van der Waals surface area contributed by atoms with Gasteiger partial charge in [-0.3, -0.25) is 14.4 Å². The Morgan fingerprint density at radius 3 is 2.22 bits per heavy atom. The van der Waals surface area contributed by atoms with E-state index in [0.717, 1.165) is 5.39 Å². The highest BCUT2D eigenvalue weighted by atomic mass is 32.2. The van der Waals surface area contributed by atoms with Gasteiger partial charge in [-0.1, -0.05) is 18.2 Å². The Bertz CT molecular complexity index is 701. The minimum absolute atomic E-state index is 0.136. The van der Waals surface area contributed by atoms with Crippen LogP contribution in [0.25, 0.3) is 10.8 Å². The number of benzene rings is 1. The number of aromatic nitrogens is 2. The zero-order valence-electron chi connectivity index (χ0n) is 8.94. The maximum atomic E-state index is 11.1. The van der Waals surface area contributed by atoms with Crippen molar-refractivity contribution in [3.8, 4) is 0 Å². The topological polar surface area (TPSA) is 114 Å². The molecule has 8 heteroatoms. The van der Waals surface area contributed by atoms with Gasteiger partial charge in [0.15, 0.2) is 0 Å². The maximum absolute atomic E-state index is 11.1. The number of sulfone groups is 1. The Hall–Kier alpha value is -2.35. The number of hydrogen-bond acceptors (Lipinski definition) is 6. The number of carbonyl (C=O) groups excluding carboxylic acids is 2. The summed E-state index contributed by atoms with van der Waals surface area (Å²) in [6, 6.07) is 7.34. The zero-order valence-corrected chi connectivity index (χ0v) is 9.75. The van der Waals surface area contributed by atoms with Crippen LogP contribution in [0.3, 0.4) is 0 Å². The third kappa shape index (κ3) is 3.59. The molecule has 1 aromatic heterocycles. The quantitative estimate of drug-likeness (QED) is 0.748. The molecule has 0 aliphatic heterocycles. The van der Waals surface area contributed by atoms with E-state index in [1.807, 2.05) is 18.2 Å². The number of nitrogens with one attached hydrogen (secondary N) is 1. The predicted octanol–water partition coefficient (Wildman–Crippen LogP) is -0.295. The van der Waals surface area contributed by atoms with E-state index in [2.05, 4.69) is 10.2 Å². The molecule has 0 saturated carbocycles. The summed E-state index contributed by atoms with van der Waals surface area (Å²) in [5.41, 5.74) is -0.942. The minimum atomic E-state index is -4.02. The van der Waals surface area contributed by atoms with Crippen LogP contribution in [0.15, 0.2) is 35.3 Å². The van der Waals surface area contributed by atoms with Crippen molar-refractivity contribution in [3.63, 3.8) is 0 Å². The summed E-state index contributed by atoms with van der Waals surface area (Å²) in [5, 5.41) is 7.60. The van der Waals surface area contributed by atoms with Gasteiger partial charge in [0.2, 0.25) is 11.2 Å². The second kappa shape index (κ2) is 5.82. The van der Waals surface area contributed by atoms with Crippen molar-refractivity contribution in [2.45, 2.75) is 0 Å². The Morgan fingerprint density at radius 1 is 1.11 bits per heavy atom. The molecule has 0 spiro atoms. The molecule has 0 radical (unpaired) electrons. The molecule has 0 aliphatic rings. The van der Waals surface area contributed by atoms with Gasteiger partial charge in [-0.25, -0.2) is 13.5 Å². The molecule has 0 aliphatic carbocycles. The zero-order chi connectivity index (χ0) is 13.6. The van der Waals surface area contributed by atoms with Gasteiger partial charge >= 0.3 is 0 Å². The molecule has 94 valence electrons. The number of aromatic amines is 1. The molecule has 0 fully saturated rings. The average Bonchev–Trinajstić information content (AvgIpc) is 2.40. The molecule has 1 N–H and O–H groups in total. The minimum Gasteiger partial charge on any atom is -0.285 e. The fourth-order valence-electron chi connectivity index (χ4n) is 1.06. The van der Waals surface area contributed by atoms with Crippen LogP contribution in [0, 0.1) is 0 Å². The van der Waals surface area contributed by atoms with Crippen molar-refractivity contribution in [2.75, 3.05) is 0 Å². The summed E-state index contributed by atoms with van der Waals surface area (Å²) in [7, 11) is -4.02. The molecule has 18 heavy (non-hydrogen) atoms. The van der Waals surface area contributed by atoms with E-state index in [0.29, 0.717) is 5.39 Å². The third-order valence-corrected chi connectivity index (χ3v) is 2.38. The first kappa shape index (κ1) is 13.7. The van der Waals surface area contributed by atoms with Crippen molar-refractivity contribution < 1.29 is 18.0 Å². The molecular formula is C10H8N2O5S. The standard InChI is InChI=1S/C8H6N2O.C2H2O4S/c11-8-7-4-2-1-3-6(7)5-9-10-8;3-1-7(5,6)2-4/h1-5H,(H,10,11);1-2H. The first-order chi connectivity index (χ1) is 8.50. The van der Waals surface area contributed by atoms with Gasteiger partial charge in [-0.15, -0.1) is 0 Å². The van der Waals surface area contributed by atoms with E-state index in [1.165, 1.54) is 0 Å². The summed E-state index contributed by atoms with van der Waals surface area (Å²) in [6.45, 7) is 0. The lowest BCUT2D eigenvalue weighted by Gasteiger charge is -1.91. The number of rotatable bonds is 2. The molecule has 1 heterocycles. The van der Waals surface area contributed by atoms with Crippen LogP contribution in [-0.2, 0) is 19.4 Å². The normalized spacial score (nSPS) is 10.2. The second-order valence-electron chi connectivity index (χ2n) is 3.07. The number of nitrogens with zero attached hydrogens (tertiary/aromatic N) is 1. The molecule has 0 saturated heterocycles. The van der Waals surface area contributed by atoms with Gasteiger partial charge in [0.25, 0.3) is 15.4 Å². The Labute approximate surface area is 101 Å². The van der Waals surface area contributed by atoms with Crippen molar-refractivity contribution in [1.82, 2.24) is 10.2 Å². The Kier molecular flexibility index (Phi) is 4.44. The predicted molar refractivity (Wildman–Crippen MR) is 64.8 cm³/mol. The van der Waals surface area contributed by atoms with Crippen LogP contribution >= 0.6 is 0 Å². The van der Waals surface area contributed by atoms with Crippen molar-refractivity contribution in [3.05, 3.63) is 40.8 Å². The number of H-pyrrole nitrogens is 1. The van der Waals surface area contributed by atoms with Crippen molar-refractivity contribution >= 4 is 31.8 Å². The molecular weight excluding hydrogens is 260 g/mol. The van der Waals surface area contributed by atoms with E-state index in [1.54, 1.807) is 12.3 Å². The van der Waals surface area contributed by atoms with Crippen LogP contribution in [0.4, 0.5) is 0 Å². The highest BCUT2D eigenvalue weighted by molar-refractivity contribution is 8.15. The number of fused-ring (bicyclic) bond motifs is 1. The highest BCUT2D eigenvalue weighted by Crippen LogP contribution is 2.04. The highest BCUT2D eigenvalue weighted by Gasteiger charge is 2.01. The van der Waals surface area contributed by atoms with E-state index < -0.39 is 21.1 Å². The van der Waals surface area contributed by atoms with Gasteiger partial charge in [-0.05, 0) is 6.07 Å². The Balaban J connectivity index is 0.000000203. The lowest BCUT2D eigenvalue weighted by molar-refractivity contribution is 0.549. The fourth-order valence-corrected chi connectivity index (χ4v) is 1.11. The molecule has 0 unspecified atom stereocenters. The largest absolute Gasteiger partial charge is 0.285 e. The fraction of sp³-hybridized carbons (Fsp3) is 0. The first-order valence-corrected chi connectivity index (χ1v) is 6.19. The average molecular weight is 268 g/mol. The summed E-state index contributed by atoms with van der Waals surface area (Å²) >= 11 is 0. The lowest BCUT2D eigenvalue weighted by atomic mass is 10.2. The summed E-state index contributed by atoms with van der Waals surface area (Å²) in [5.74, 6) is 0. The third-order valence-electron chi connectivity index (χ3n) is 1.84. The molecule has 1 aromatic carbocycles. The summed E-state index contributed by atoms with van der Waals surface area (Å²) in [4.78, 5) is 29.5. The number of hydrogen-bond donors (Lipinski definition) is 1. The molecule has 2 aromatic rings. The summed E-state index contributed by atoms with van der Waals surface area (Å²) < 4.78 is 19.3. The van der Waals surface area contributed by atoms with Crippen LogP contribution in [0.5, 0.6) is 0 Å². The van der Waals surface area contributed by atoms with Crippen LogP contribution < -0.4 is 5.56 Å². The van der Waals surface area contributed by atoms with Gasteiger partial charge < -0.3 is 0 Å². The summed E-state index contributed by atoms with van der Waals surface area (Å²) in [6.07, 6.45) is 1.64. The van der Waals surface area contributed by atoms with Crippen LogP contribution in [-0.4, -0.2) is 29.9 Å². The SMILES string of the molecule is O=CS(=O)(=O)C=O.O=c1[nH]ncc2ccccc12. The van der Waals surface area contributed by atoms with Crippen LogP contribution in [0.2, 0.25) is 0 Å². The molecule has 0 bridgehead atoms. The van der Waals surface area contributed by atoms with E-state index in [9.17, 15) is 22.8 Å². The van der Waals surface area contributed by atoms with E-state index in [-0.39, 0.29) is 5.56 Å². The number of carbonyl (C=O) groups is 2. The molecule has 7 nitrogen and oxygen atoms in total. The monoisotopic (exact) mass is 268 g/mol. The molecule has 0 atom stereocenters.